The molecule has 1 rings (SSSR count). The second-order valence-electron chi connectivity index (χ2n) is 2.16. The minimum atomic E-state index is 0.434. The van der Waals surface area contributed by atoms with Crippen molar-refractivity contribution in [3.05, 3.63) is 34.3 Å². The standard InChI is InChI=1S/C8H7Cl3/c9-4-6-2-1-3-7(5-10)8(6)11/h1-3H,4-5H2. The minimum absolute atomic E-state index is 0.434. The van der Waals surface area contributed by atoms with E-state index >= 15 is 0 Å². The van der Waals surface area contributed by atoms with Gasteiger partial charge in [0.05, 0.1) is 0 Å². The monoisotopic (exact) mass is 208 g/mol. The zero-order chi connectivity index (χ0) is 8.27. The maximum absolute atomic E-state index is 5.94. The summed E-state index contributed by atoms with van der Waals surface area (Å²) in [6.45, 7) is 0. The summed E-state index contributed by atoms with van der Waals surface area (Å²) in [4.78, 5) is 0. The van der Waals surface area contributed by atoms with Gasteiger partial charge in [0.1, 0.15) is 0 Å². The van der Waals surface area contributed by atoms with Crippen molar-refractivity contribution in [3.8, 4) is 0 Å². The van der Waals surface area contributed by atoms with Crippen LogP contribution in [0.5, 0.6) is 0 Å². The minimum Gasteiger partial charge on any atom is -0.121 e. The molecule has 0 saturated carbocycles. The van der Waals surface area contributed by atoms with Crippen molar-refractivity contribution in [3.63, 3.8) is 0 Å². The normalized spacial score (nSPS) is 10.1. The van der Waals surface area contributed by atoms with Crippen molar-refractivity contribution in [2.24, 2.45) is 0 Å². The summed E-state index contributed by atoms with van der Waals surface area (Å²) in [5, 5.41) is 0.692. The second-order valence-corrected chi connectivity index (χ2v) is 3.07. The topological polar surface area (TPSA) is 0 Å². The first-order valence-corrected chi connectivity index (χ1v) is 4.62. The quantitative estimate of drug-likeness (QED) is 0.650. The van der Waals surface area contributed by atoms with Crippen LogP contribution in [-0.2, 0) is 11.8 Å². The number of hydrogen-bond acceptors (Lipinski definition) is 0. The highest BCUT2D eigenvalue weighted by atomic mass is 35.5. The molecule has 0 N–H and O–H groups in total. The summed E-state index contributed by atoms with van der Waals surface area (Å²) >= 11 is 17.2. The van der Waals surface area contributed by atoms with E-state index in [1.54, 1.807) is 0 Å². The molecule has 0 aliphatic heterocycles. The van der Waals surface area contributed by atoms with Crippen LogP contribution in [-0.4, -0.2) is 0 Å². The van der Waals surface area contributed by atoms with Gasteiger partial charge < -0.3 is 0 Å². The van der Waals surface area contributed by atoms with Gasteiger partial charge in [0, 0.05) is 16.8 Å². The summed E-state index contributed by atoms with van der Waals surface area (Å²) < 4.78 is 0. The predicted octanol–water partition coefficient (Wildman–Crippen LogP) is 3.82. The molecule has 0 radical (unpaired) electrons. The van der Waals surface area contributed by atoms with Gasteiger partial charge in [-0.2, -0.15) is 0 Å². The summed E-state index contributed by atoms with van der Waals surface area (Å²) in [5.41, 5.74) is 1.87. The summed E-state index contributed by atoms with van der Waals surface area (Å²) in [7, 11) is 0. The second kappa shape index (κ2) is 4.20. The molecule has 1 aromatic carbocycles. The van der Waals surface area contributed by atoms with Gasteiger partial charge in [-0.05, 0) is 11.1 Å². The average Bonchev–Trinajstić information content (AvgIpc) is 2.05. The molecular weight excluding hydrogens is 202 g/mol. The third-order valence-corrected chi connectivity index (χ3v) is 2.51. The van der Waals surface area contributed by atoms with Gasteiger partial charge in [-0.15, -0.1) is 23.2 Å². The summed E-state index contributed by atoms with van der Waals surface area (Å²) in [5.74, 6) is 0.868. The van der Waals surface area contributed by atoms with Crippen molar-refractivity contribution in [2.45, 2.75) is 11.8 Å². The van der Waals surface area contributed by atoms with Crippen molar-refractivity contribution >= 4 is 34.8 Å². The highest BCUT2D eigenvalue weighted by Gasteiger charge is 2.02. The number of rotatable bonds is 2. The Morgan fingerprint density at radius 1 is 1.00 bits per heavy atom. The van der Waals surface area contributed by atoms with Crippen LogP contribution in [0.1, 0.15) is 11.1 Å². The van der Waals surface area contributed by atoms with Crippen LogP contribution in [0.2, 0.25) is 5.02 Å². The third kappa shape index (κ3) is 2.02. The first kappa shape index (κ1) is 9.18. The van der Waals surface area contributed by atoms with E-state index in [1.807, 2.05) is 18.2 Å². The third-order valence-electron chi connectivity index (χ3n) is 1.45. The molecule has 0 aliphatic rings. The van der Waals surface area contributed by atoms with Crippen molar-refractivity contribution in [2.75, 3.05) is 0 Å². The number of alkyl halides is 2. The van der Waals surface area contributed by atoms with Gasteiger partial charge in [0.25, 0.3) is 0 Å². The number of benzene rings is 1. The molecule has 0 aromatic heterocycles. The van der Waals surface area contributed by atoms with Crippen molar-refractivity contribution in [1.29, 1.82) is 0 Å². The van der Waals surface area contributed by atoms with E-state index in [-0.39, 0.29) is 0 Å². The molecule has 3 heteroatoms. The van der Waals surface area contributed by atoms with Crippen LogP contribution in [0.15, 0.2) is 18.2 Å². The fourth-order valence-electron chi connectivity index (χ4n) is 0.839. The summed E-state index contributed by atoms with van der Waals surface area (Å²) in [6, 6.07) is 5.69. The maximum atomic E-state index is 5.94. The molecule has 0 fully saturated rings. The molecular formula is C8H7Cl3. The molecule has 0 atom stereocenters. The Balaban J connectivity index is 3.10. The lowest BCUT2D eigenvalue weighted by molar-refractivity contribution is 1.32. The Labute approximate surface area is 81.1 Å². The number of halogens is 3. The molecule has 0 spiro atoms. The maximum Gasteiger partial charge on any atom is 0.0494 e. The Kier molecular flexibility index (Phi) is 3.50. The van der Waals surface area contributed by atoms with E-state index in [4.69, 9.17) is 34.8 Å². The molecule has 1 aromatic rings. The van der Waals surface area contributed by atoms with Crippen LogP contribution in [0.4, 0.5) is 0 Å². The highest BCUT2D eigenvalue weighted by Crippen LogP contribution is 2.23. The molecule has 0 amide bonds. The van der Waals surface area contributed by atoms with Gasteiger partial charge in [-0.25, -0.2) is 0 Å². The first-order valence-electron chi connectivity index (χ1n) is 3.17. The zero-order valence-corrected chi connectivity index (χ0v) is 8.05. The fourth-order valence-corrected chi connectivity index (χ4v) is 1.68. The van der Waals surface area contributed by atoms with Crippen LogP contribution >= 0.6 is 34.8 Å². The number of hydrogen-bond donors (Lipinski definition) is 0. The van der Waals surface area contributed by atoms with Crippen molar-refractivity contribution in [1.82, 2.24) is 0 Å². The van der Waals surface area contributed by atoms with E-state index < -0.39 is 0 Å². The molecule has 0 unspecified atom stereocenters. The highest BCUT2D eigenvalue weighted by molar-refractivity contribution is 6.33. The average molecular weight is 210 g/mol. The molecule has 60 valence electrons. The molecule has 11 heavy (non-hydrogen) atoms. The Morgan fingerprint density at radius 2 is 1.45 bits per heavy atom. The predicted molar refractivity (Wildman–Crippen MR) is 50.6 cm³/mol. The van der Waals surface area contributed by atoms with Gasteiger partial charge in [-0.3, -0.25) is 0 Å². The van der Waals surface area contributed by atoms with Crippen LogP contribution in [0.3, 0.4) is 0 Å². The molecule has 0 aliphatic carbocycles. The van der Waals surface area contributed by atoms with Gasteiger partial charge in [-0.1, -0.05) is 29.8 Å². The van der Waals surface area contributed by atoms with Gasteiger partial charge >= 0.3 is 0 Å². The van der Waals surface area contributed by atoms with Crippen LogP contribution in [0.25, 0.3) is 0 Å². The largest absolute Gasteiger partial charge is 0.121 e. The molecule has 0 saturated heterocycles. The first-order chi connectivity index (χ1) is 5.29. The summed E-state index contributed by atoms with van der Waals surface area (Å²) in [6.07, 6.45) is 0. The van der Waals surface area contributed by atoms with E-state index in [0.29, 0.717) is 16.8 Å². The van der Waals surface area contributed by atoms with Crippen molar-refractivity contribution < 1.29 is 0 Å². The Hall–Kier alpha value is 0.0900. The molecule has 0 bridgehead atoms. The van der Waals surface area contributed by atoms with Crippen LogP contribution in [0, 0.1) is 0 Å². The lowest BCUT2D eigenvalue weighted by atomic mass is 10.2. The molecule has 0 nitrogen and oxygen atoms in total. The van der Waals surface area contributed by atoms with Crippen LogP contribution < -0.4 is 0 Å². The van der Waals surface area contributed by atoms with Gasteiger partial charge in [0.2, 0.25) is 0 Å². The SMILES string of the molecule is ClCc1cccc(CCl)c1Cl. The molecule has 0 heterocycles. The zero-order valence-electron chi connectivity index (χ0n) is 5.78. The van der Waals surface area contributed by atoms with E-state index in [9.17, 15) is 0 Å². The van der Waals surface area contributed by atoms with E-state index in [2.05, 4.69) is 0 Å². The Morgan fingerprint density at radius 3 is 1.82 bits per heavy atom. The Bertz CT molecular complexity index is 223. The lowest BCUT2D eigenvalue weighted by Gasteiger charge is -2.03. The fraction of sp³-hybridized carbons (Fsp3) is 0.250. The van der Waals surface area contributed by atoms with E-state index in [0.717, 1.165) is 11.1 Å². The van der Waals surface area contributed by atoms with Gasteiger partial charge in [0.15, 0.2) is 0 Å². The van der Waals surface area contributed by atoms with E-state index in [1.165, 1.54) is 0 Å². The lowest BCUT2D eigenvalue weighted by Crippen LogP contribution is -1.85. The smallest absolute Gasteiger partial charge is 0.0494 e.